The number of azo groups is 1. The zero-order valence-corrected chi connectivity index (χ0v) is 12.2. The Kier molecular flexibility index (Phi) is 3.40. The van der Waals surface area contributed by atoms with Crippen molar-refractivity contribution < 1.29 is 0 Å². The Labute approximate surface area is 124 Å². The third kappa shape index (κ3) is 2.77. The van der Waals surface area contributed by atoms with Crippen LogP contribution in [0.1, 0.15) is 11.1 Å². The quantitative estimate of drug-likeness (QED) is 0.490. The van der Waals surface area contributed by atoms with Crippen LogP contribution in [-0.4, -0.2) is 0 Å². The molecule has 21 heavy (non-hydrogen) atoms. The van der Waals surface area contributed by atoms with Gasteiger partial charge >= 0.3 is 0 Å². The van der Waals surface area contributed by atoms with Crippen LogP contribution in [0.25, 0.3) is 10.8 Å². The van der Waals surface area contributed by atoms with Gasteiger partial charge in [-0.25, -0.2) is 0 Å². The van der Waals surface area contributed by atoms with Crippen molar-refractivity contribution in [3.8, 4) is 0 Å². The molecule has 0 radical (unpaired) electrons. The summed E-state index contributed by atoms with van der Waals surface area (Å²) in [4.78, 5) is 0. The number of nitrogens with zero attached hydrogens (tertiary/aromatic N) is 2. The lowest BCUT2D eigenvalue weighted by Crippen LogP contribution is -1.86. The number of hydrogen-bond acceptors (Lipinski definition) is 3. The van der Waals surface area contributed by atoms with Crippen LogP contribution in [-0.2, 0) is 0 Å². The first kappa shape index (κ1) is 13.3. The Hall–Kier alpha value is -2.68. The predicted octanol–water partition coefficient (Wildman–Crippen LogP) is 5.45. The van der Waals surface area contributed by atoms with Crippen LogP contribution < -0.4 is 5.73 Å². The van der Waals surface area contributed by atoms with E-state index in [-0.39, 0.29) is 0 Å². The van der Waals surface area contributed by atoms with E-state index in [1.807, 2.05) is 48.5 Å². The van der Waals surface area contributed by atoms with Crippen LogP contribution in [0.2, 0.25) is 0 Å². The number of nitrogen functional groups attached to an aromatic ring is 1. The van der Waals surface area contributed by atoms with Gasteiger partial charge in [0.25, 0.3) is 0 Å². The van der Waals surface area contributed by atoms with Gasteiger partial charge in [-0.15, -0.1) is 5.11 Å². The molecule has 0 saturated heterocycles. The molecule has 3 nitrogen and oxygen atoms in total. The fourth-order valence-corrected chi connectivity index (χ4v) is 2.50. The van der Waals surface area contributed by atoms with Crippen LogP contribution in [0.5, 0.6) is 0 Å². The van der Waals surface area contributed by atoms with Gasteiger partial charge in [0.2, 0.25) is 0 Å². The summed E-state index contributed by atoms with van der Waals surface area (Å²) in [5.74, 6) is 0. The smallest absolute Gasteiger partial charge is 0.116 e. The van der Waals surface area contributed by atoms with Crippen LogP contribution in [0, 0.1) is 13.8 Å². The highest BCUT2D eigenvalue weighted by molar-refractivity contribution is 5.97. The summed E-state index contributed by atoms with van der Waals surface area (Å²) in [6, 6.07) is 18.1. The summed E-state index contributed by atoms with van der Waals surface area (Å²) < 4.78 is 0. The summed E-state index contributed by atoms with van der Waals surface area (Å²) in [5.41, 5.74) is 10.6. The Morgan fingerprint density at radius 3 is 2.29 bits per heavy atom. The largest absolute Gasteiger partial charge is 0.397 e. The molecule has 0 aliphatic heterocycles. The number of anilines is 1. The molecule has 3 aromatic rings. The topological polar surface area (TPSA) is 50.7 Å². The molecule has 0 saturated carbocycles. The Bertz CT molecular complexity index is 815. The maximum Gasteiger partial charge on any atom is 0.116 e. The van der Waals surface area contributed by atoms with Crippen molar-refractivity contribution in [2.45, 2.75) is 13.8 Å². The third-order valence-corrected chi connectivity index (χ3v) is 3.40. The van der Waals surface area contributed by atoms with E-state index in [0.29, 0.717) is 5.69 Å². The summed E-state index contributed by atoms with van der Waals surface area (Å²) in [5, 5.41) is 10.9. The van der Waals surface area contributed by atoms with E-state index in [1.54, 1.807) is 0 Å². The molecular weight excluding hydrogens is 258 g/mol. The maximum absolute atomic E-state index is 6.06. The zero-order valence-electron chi connectivity index (χ0n) is 12.2. The standard InChI is InChI=1S/C18H17N3/c1-12-9-13(2)11-15(10-12)20-21-18-16-6-4-3-5-14(16)7-8-17(18)19/h3-11H,19H2,1-2H3. The average Bonchev–Trinajstić information content (AvgIpc) is 2.45. The van der Waals surface area contributed by atoms with Gasteiger partial charge in [0.05, 0.1) is 11.4 Å². The molecular formula is C18H17N3. The summed E-state index contributed by atoms with van der Waals surface area (Å²) >= 11 is 0. The van der Waals surface area contributed by atoms with Crippen molar-refractivity contribution in [2.24, 2.45) is 10.2 Å². The van der Waals surface area contributed by atoms with Crippen LogP contribution in [0.3, 0.4) is 0 Å². The van der Waals surface area contributed by atoms with E-state index in [4.69, 9.17) is 5.73 Å². The molecule has 0 aliphatic carbocycles. The lowest BCUT2D eigenvalue weighted by Gasteiger charge is -2.05. The minimum atomic E-state index is 0.641. The van der Waals surface area contributed by atoms with Gasteiger partial charge in [-0.1, -0.05) is 36.4 Å². The number of nitrogens with two attached hydrogens (primary N) is 1. The molecule has 3 aromatic carbocycles. The first-order valence-electron chi connectivity index (χ1n) is 6.91. The second-order valence-corrected chi connectivity index (χ2v) is 5.27. The monoisotopic (exact) mass is 275 g/mol. The maximum atomic E-state index is 6.06. The molecule has 0 bridgehead atoms. The predicted molar refractivity (Wildman–Crippen MR) is 88.5 cm³/mol. The molecule has 0 spiro atoms. The molecule has 2 N–H and O–H groups in total. The Morgan fingerprint density at radius 2 is 1.52 bits per heavy atom. The minimum Gasteiger partial charge on any atom is -0.397 e. The molecule has 0 aliphatic rings. The van der Waals surface area contributed by atoms with Gasteiger partial charge < -0.3 is 5.73 Å². The molecule has 0 atom stereocenters. The van der Waals surface area contributed by atoms with E-state index in [1.165, 1.54) is 11.1 Å². The van der Waals surface area contributed by atoms with Gasteiger partial charge in [0, 0.05) is 5.39 Å². The first-order chi connectivity index (χ1) is 10.1. The Balaban J connectivity index is 2.08. The number of benzene rings is 3. The average molecular weight is 275 g/mol. The van der Waals surface area contributed by atoms with Crippen LogP contribution >= 0.6 is 0 Å². The Morgan fingerprint density at radius 1 is 0.810 bits per heavy atom. The molecule has 3 heteroatoms. The van der Waals surface area contributed by atoms with E-state index in [9.17, 15) is 0 Å². The number of aryl methyl sites for hydroxylation is 2. The molecule has 0 fully saturated rings. The lowest BCUT2D eigenvalue weighted by atomic mass is 10.1. The van der Waals surface area contributed by atoms with E-state index < -0.39 is 0 Å². The van der Waals surface area contributed by atoms with Crippen molar-refractivity contribution in [3.63, 3.8) is 0 Å². The zero-order chi connectivity index (χ0) is 14.8. The van der Waals surface area contributed by atoms with Crippen molar-refractivity contribution in [1.82, 2.24) is 0 Å². The van der Waals surface area contributed by atoms with Crippen molar-refractivity contribution >= 4 is 27.8 Å². The highest BCUT2D eigenvalue weighted by Gasteiger charge is 2.04. The lowest BCUT2D eigenvalue weighted by molar-refractivity contribution is 1.22. The van der Waals surface area contributed by atoms with Gasteiger partial charge in [-0.05, 0) is 48.6 Å². The fraction of sp³-hybridized carbons (Fsp3) is 0.111. The van der Waals surface area contributed by atoms with Gasteiger partial charge in [0.1, 0.15) is 5.69 Å². The third-order valence-electron chi connectivity index (χ3n) is 3.40. The summed E-state index contributed by atoms with van der Waals surface area (Å²) in [6.07, 6.45) is 0. The SMILES string of the molecule is Cc1cc(C)cc(N=Nc2c(N)ccc3ccccc23)c1. The molecule has 0 heterocycles. The van der Waals surface area contributed by atoms with Crippen molar-refractivity contribution in [3.05, 3.63) is 65.7 Å². The normalized spacial score (nSPS) is 11.3. The van der Waals surface area contributed by atoms with Crippen molar-refractivity contribution in [2.75, 3.05) is 5.73 Å². The minimum absolute atomic E-state index is 0.641. The molecule has 0 amide bonds. The second kappa shape index (κ2) is 5.37. The molecule has 0 aromatic heterocycles. The highest BCUT2D eigenvalue weighted by Crippen LogP contribution is 2.33. The molecule has 104 valence electrons. The first-order valence-corrected chi connectivity index (χ1v) is 6.91. The number of fused-ring (bicyclic) bond motifs is 1. The van der Waals surface area contributed by atoms with E-state index >= 15 is 0 Å². The van der Waals surface area contributed by atoms with Gasteiger partial charge in [0.15, 0.2) is 0 Å². The number of hydrogen-bond donors (Lipinski definition) is 1. The second-order valence-electron chi connectivity index (χ2n) is 5.27. The van der Waals surface area contributed by atoms with Crippen LogP contribution in [0.4, 0.5) is 17.1 Å². The van der Waals surface area contributed by atoms with E-state index in [0.717, 1.165) is 22.1 Å². The van der Waals surface area contributed by atoms with Gasteiger partial charge in [-0.3, -0.25) is 0 Å². The highest BCUT2D eigenvalue weighted by atomic mass is 15.1. The van der Waals surface area contributed by atoms with Crippen LogP contribution in [0.15, 0.2) is 64.8 Å². The molecule has 3 rings (SSSR count). The van der Waals surface area contributed by atoms with E-state index in [2.05, 4.69) is 30.1 Å². The molecule has 0 unspecified atom stereocenters. The summed E-state index contributed by atoms with van der Waals surface area (Å²) in [7, 11) is 0. The van der Waals surface area contributed by atoms with Crippen molar-refractivity contribution in [1.29, 1.82) is 0 Å². The number of rotatable bonds is 2. The van der Waals surface area contributed by atoms with Gasteiger partial charge in [-0.2, -0.15) is 5.11 Å². The fourth-order valence-electron chi connectivity index (χ4n) is 2.50. The summed E-state index contributed by atoms with van der Waals surface area (Å²) in [6.45, 7) is 4.11.